The summed E-state index contributed by atoms with van der Waals surface area (Å²) in [5.41, 5.74) is 2.14. The smallest absolute Gasteiger partial charge is 0.225 e. The third kappa shape index (κ3) is 4.53. The van der Waals surface area contributed by atoms with E-state index in [9.17, 15) is 9.59 Å². The second-order valence-corrected chi connectivity index (χ2v) is 7.07. The van der Waals surface area contributed by atoms with Crippen LogP contribution in [0.2, 0.25) is 0 Å². The second kappa shape index (κ2) is 9.40. The van der Waals surface area contributed by atoms with Crippen LogP contribution >= 0.6 is 0 Å². The minimum absolute atomic E-state index is 0.00898. The van der Waals surface area contributed by atoms with Gasteiger partial charge in [0.25, 0.3) is 0 Å². The number of nitrogens with zero attached hydrogens (tertiary/aromatic N) is 1. The maximum Gasteiger partial charge on any atom is 0.225 e. The van der Waals surface area contributed by atoms with E-state index in [0.717, 1.165) is 17.7 Å². The van der Waals surface area contributed by atoms with E-state index in [2.05, 4.69) is 17.4 Å². The largest absolute Gasteiger partial charge is 0.497 e. The third-order valence-corrected chi connectivity index (χ3v) is 5.37. The lowest BCUT2D eigenvalue weighted by atomic mass is 9.83. The first-order valence-electron chi connectivity index (χ1n) is 9.89. The number of methoxy groups -OCH3 is 1. The van der Waals surface area contributed by atoms with Gasteiger partial charge in [0.1, 0.15) is 5.75 Å². The fourth-order valence-electron chi connectivity index (χ4n) is 3.94. The van der Waals surface area contributed by atoms with E-state index in [-0.39, 0.29) is 23.8 Å². The van der Waals surface area contributed by atoms with Crippen LogP contribution in [0.25, 0.3) is 0 Å². The van der Waals surface area contributed by atoms with E-state index in [1.54, 1.807) is 7.11 Å². The highest BCUT2D eigenvalue weighted by Crippen LogP contribution is 2.37. The maximum atomic E-state index is 13.0. The Labute approximate surface area is 166 Å². The van der Waals surface area contributed by atoms with Crippen LogP contribution in [0.1, 0.15) is 36.9 Å². The van der Waals surface area contributed by atoms with E-state index < -0.39 is 0 Å². The van der Waals surface area contributed by atoms with E-state index in [1.165, 1.54) is 5.56 Å². The molecule has 5 heteroatoms. The van der Waals surface area contributed by atoms with Crippen molar-refractivity contribution in [1.82, 2.24) is 10.2 Å². The zero-order valence-corrected chi connectivity index (χ0v) is 16.6. The van der Waals surface area contributed by atoms with Gasteiger partial charge in [0.05, 0.1) is 19.1 Å². The van der Waals surface area contributed by atoms with Crippen molar-refractivity contribution >= 4 is 11.8 Å². The molecular formula is C23H28N2O3. The molecule has 148 valence electrons. The van der Waals surface area contributed by atoms with Gasteiger partial charge in [-0.15, -0.1) is 0 Å². The van der Waals surface area contributed by atoms with Gasteiger partial charge in [0.15, 0.2) is 0 Å². The molecule has 0 saturated carbocycles. The SMILES string of the molecule is CCN1C(=O)CC[C@@H](C(=O)NCCc2ccccc2)[C@@H]1c1cccc(OC)c1. The number of nitrogens with one attached hydrogen (secondary N) is 1. The number of amides is 2. The summed E-state index contributed by atoms with van der Waals surface area (Å²) in [7, 11) is 1.62. The van der Waals surface area contributed by atoms with Gasteiger partial charge in [-0.1, -0.05) is 42.5 Å². The molecule has 1 N–H and O–H groups in total. The molecule has 1 aliphatic heterocycles. The first-order valence-corrected chi connectivity index (χ1v) is 9.89. The number of piperidine rings is 1. The van der Waals surface area contributed by atoms with Crippen LogP contribution in [0, 0.1) is 5.92 Å². The molecule has 3 rings (SSSR count). The standard InChI is InChI=1S/C23H28N2O3/c1-3-25-21(26)13-12-20(22(25)18-10-7-11-19(16-18)28-2)23(27)24-15-14-17-8-5-4-6-9-17/h4-11,16,20,22H,3,12-15H2,1-2H3,(H,24,27)/t20-,22+/m1/s1. The molecule has 1 heterocycles. The fourth-order valence-corrected chi connectivity index (χ4v) is 3.94. The van der Waals surface area contributed by atoms with Gasteiger partial charge in [-0.2, -0.15) is 0 Å². The molecule has 0 bridgehead atoms. The number of benzene rings is 2. The number of rotatable bonds is 7. The van der Waals surface area contributed by atoms with Crippen LogP contribution in [-0.2, 0) is 16.0 Å². The van der Waals surface area contributed by atoms with Crippen LogP contribution in [0.3, 0.4) is 0 Å². The zero-order chi connectivity index (χ0) is 19.9. The van der Waals surface area contributed by atoms with Crippen molar-refractivity contribution < 1.29 is 14.3 Å². The molecule has 2 aromatic carbocycles. The van der Waals surface area contributed by atoms with Crippen molar-refractivity contribution in [3.8, 4) is 5.75 Å². The average Bonchev–Trinajstić information content (AvgIpc) is 2.74. The van der Waals surface area contributed by atoms with Crippen molar-refractivity contribution in [3.63, 3.8) is 0 Å². The van der Waals surface area contributed by atoms with Crippen molar-refractivity contribution in [2.24, 2.45) is 5.92 Å². The number of carbonyl (C=O) groups is 2. The Morgan fingerprint density at radius 1 is 1.18 bits per heavy atom. The van der Waals surface area contributed by atoms with Crippen molar-refractivity contribution in [1.29, 1.82) is 0 Å². The predicted molar refractivity (Wildman–Crippen MR) is 109 cm³/mol. The molecule has 0 unspecified atom stereocenters. The van der Waals surface area contributed by atoms with Crippen LogP contribution in [-0.4, -0.2) is 36.9 Å². The summed E-state index contributed by atoms with van der Waals surface area (Å²) in [5.74, 6) is 0.577. The summed E-state index contributed by atoms with van der Waals surface area (Å²) in [6.07, 6.45) is 1.76. The van der Waals surface area contributed by atoms with Crippen molar-refractivity contribution in [3.05, 3.63) is 65.7 Å². The minimum Gasteiger partial charge on any atom is -0.497 e. The highest BCUT2D eigenvalue weighted by molar-refractivity contribution is 5.85. The molecule has 2 atom stereocenters. The Balaban J connectivity index is 1.76. The first-order chi connectivity index (χ1) is 13.6. The van der Waals surface area contributed by atoms with Gasteiger partial charge in [-0.25, -0.2) is 0 Å². The Morgan fingerprint density at radius 2 is 1.96 bits per heavy atom. The number of hydrogen-bond donors (Lipinski definition) is 1. The molecule has 28 heavy (non-hydrogen) atoms. The molecule has 0 aromatic heterocycles. The number of likely N-dealkylation sites (tertiary alicyclic amines) is 1. The molecule has 2 amide bonds. The van der Waals surface area contributed by atoms with Crippen molar-refractivity contribution in [2.45, 2.75) is 32.2 Å². The molecule has 2 aromatic rings. The Kier molecular flexibility index (Phi) is 6.69. The lowest BCUT2D eigenvalue weighted by molar-refractivity contribution is -0.143. The van der Waals surface area contributed by atoms with E-state index >= 15 is 0 Å². The molecule has 0 aliphatic carbocycles. The van der Waals surface area contributed by atoms with Gasteiger partial charge in [-0.3, -0.25) is 9.59 Å². The number of hydrogen-bond acceptors (Lipinski definition) is 3. The Bertz CT molecular complexity index is 807. The summed E-state index contributed by atoms with van der Waals surface area (Å²) in [6, 6.07) is 17.5. The van der Waals surface area contributed by atoms with E-state index in [1.807, 2.05) is 54.3 Å². The summed E-state index contributed by atoms with van der Waals surface area (Å²) in [5, 5.41) is 3.08. The molecule has 1 aliphatic rings. The minimum atomic E-state index is -0.266. The summed E-state index contributed by atoms with van der Waals surface area (Å²) >= 11 is 0. The molecule has 0 radical (unpaired) electrons. The molecule has 1 fully saturated rings. The highest BCUT2D eigenvalue weighted by Gasteiger charge is 2.39. The van der Waals surface area contributed by atoms with E-state index in [4.69, 9.17) is 4.74 Å². The Morgan fingerprint density at radius 3 is 2.68 bits per heavy atom. The van der Waals surface area contributed by atoms with Gasteiger partial charge in [-0.05, 0) is 43.0 Å². The normalized spacial score (nSPS) is 19.4. The summed E-state index contributed by atoms with van der Waals surface area (Å²) in [4.78, 5) is 27.3. The lowest BCUT2D eigenvalue weighted by Crippen LogP contribution is -2.48. The predicted octanol–water partition coefficient (Wildman–Crippen LogP) is 3.35. The van der Waals surface area contributed by atoms with Gasteiger partial charge in [0, 0.05) is 19.5 Å². The van der Waals surface area contributed by atoms with Crippen LogP contribution < -0.4 is 10.1 Å². The number of carbonyl (C=O) groups excluding carboxylic acids is 2. The van der Waals surface area contributed by atoms with Crippen LogP contribution in [0.15, 0.2) is 54.6 Å². The van der Waals surface area contributed by atoms with E-state index in [0.29, 0.717) is 25.9 Å². The van der Waals surface area contributed by atoms with Crippen LogP contribution in [0.5, 0.6) is 5.75 Å². The van der Waals surface area contributed by atoms with Gasteiger partial charge in [0.2, 0.25) is 11.8 Å². The summed E-state index contributed by atoms with van der Waals surface area (Å²) in [6.45, 7) is 3.12. The summed E-state index contributed by atoms with van der Waals surface area (Å²) < 4.78 is 5.35. The second-order valence-electron chi connectivity index (χ2n) is 7.07. The number of ether oxygens (including phenoxy) is 1. The van der Waals surface area contributed by atoms with Gasteiger partial charge >= 0.3 is 0 Å². The topological polar surface area (TPSA) is 58.6 Å². The third-order valence-electron chi connectivity index (χ3n) is 5.37. The first kappa shape index (κ1) is 19.9. The maximum absolute atomic E-state index is 13.0. The molecular weight excluding hydrogens is 352 g/mol. The lowest BCUT2D eigenvalue weighted by Gasteiger charge is -2.40. The fraction of sp³-hybridized carbons (Fsp3) is 0.391. The monoisotopic (exact) mass is 380 g/mol. The average molecular weight is 380 g/mol. The highest BCUT2D eigenvalue weighted by atomic mass is 16.5. The molecule has 0 spiro atoms. The molecule has 1 saturated heterocycles. The Hall–Kier alpha value is -2.82. The van der Waals surface area contributed by atoms with Crippen molar-refractivity contribution in [2.75, 3.05) is 20.2 Å². The quantitative estimate of drug-likeness (QED) is 0.801. The zero-order valence-electron chi connectivity index (χ0n) is 16.6. The van der Waals surface area contributed by atoms with Crippen LogP contribution in [0.4, 0.5) is 0 Å². The molecule has 5 nitrogen and oxygen atoms in total. The van der Waals surface area contributed by atoms with Gasteiger partial charge < -0.3 is 15.0 Å².